The van der Waals surface area contributed by atoms with Gasteiger partial charge in [0.15, 0.2) is 17.5 Å². The summed E-state index contributed by atoms with van der Waals surface area (Å²) in [5, 5.41) is 11.5. The summed E-state index contributed by atoms with van der Waals surface area (Å²) in [6, 6.07) is 48.5. The van der Waals surface area contributed by atoms with Crippen LogP contribution in [0.3, 0.4) is 0 Å². The molecule has 47 heavy (non-hydrogen) atoms. The number of fused-ring (bicyclic) bond motifs is 9. The zero-order chi connectivity index (χ0) is 30.9. The van der Waals surface area contributed by atoms with Gasteiger partial charge < -0.3 is 4.42 Å². The van der Waals surface area contributed by atoms with E-state index in [0.29, 0.717) is 23.2 Å². The van der Waals surface area contributed by atoms with E-state index in [-0.39, 0.29) is 0 Å². The molecule has 0 saturated carbocycles. The second-order valence-electron chi connectivity index (χ2n) is 11.9. The van der Waals surface area contributed by atoms with Crippen LogP contribution < -0.4 is 0 Å². The SMILES string of the molecule is c1ccc2cc(-c3nc(-c4ccc5c(ccc6c7ccccc7ccc56)c4)nc(-c4ccnc5oc6ccccc6c45)n3)ccc2c1. The summed E-state index contributed by atoms with van der Waals surface area (Å²) >= 11 is 0. The molecule has 0 bridgehead atoms. The fraction of sp³-hybridized carbons (Fsp3) is 0. The number of nitrogens with zero attached hydrogens (tertiary/aromatic N) is 4. The molecule has 10 rings (SSSR count). The molecule has 7 aromatic carbocycles. The van der Waals surface area contributed by atoms with Gasteiger partial charge >= 0.3 is 0 Å². The summed E-state index contributed by atoms with van der Waals surface area (Å²) in [6.45, 7) is 0. The van der Waals surface area contributed by atoms with Crippen LogP contribution in [0.4, 0.5) is 0 Å². The van der Waals surface area contributed by atoms with Crippen molar-refractivity contribution >= 4 is 65.2 Å². The maximum atomic E-state index is 6.12. The molecule has 0 fully saturated rings. The van der Waals surface area contributed by atoms with Crippen molar-refractivity contribution in [1.82, 2.24) is 19.9 Å². The van der Waals surface area contributed by atoms with E-state index in [2.05, 4.69) is 120 Å². The lowest BCUT2D eigenvalue weighted by Gasteiger charge is -2.11. The van der Waals surface area contributed by atoms with Gasteiger partial charge in [-0.3, -0.25) is 0 Å². The highest BCUT2D eigenvalue weighted by Gasteiger charge is 2.19. The Bertz CT molecular complexity index is 2870. The molecule has 3 aromatic heterocycles. The van der Waals surface area contributed by atoms with E-state index in [9.17, 15) is 0 Å². The van der Waals surface area contributed by atoms with Crippen LogP contribution in [0.15, 0.2) is 150 Å². The molecule has 218 valence electrons. The van der Waals surface area contributed by atoms with Crippen molar-refractivity contribution in [3.63, 3.8) is 0 Å². The minimum atomic E-state index is 0.558. The van der Waals surface area contributed by atoms with Gasteiger partial charge in [0.05, 0.1) is 5.39 Å². The quantitative estimate of drug-likeness (QED) is 0.189. The molecule has 0 atom stereocenters. The molecule has 3 heterocycles. The molecular weight excluding hydrogens is 576 g/mol. The van der Waals surface area contributed by atoms with Crippen molar-refractivity contribution < 1.29 is 4.42 Å². The second kappa shape index (κ2) is 10.0. The van der Waals surface area contributed by atoms with E-state index in [1.165, 1.54) is 32.3 Å². The maximum absolute atomic E-state index is 6.12. The monoisotopic (exact) mass is 600 g/mol. The van der Waals surface area contributed by atoms with Gasteiger partial charge in [-0.05, 0) is 67.4 Å². The highest BCUT2D eigenvalue weighted by atomic mass is 16.3. The highest BCUT2D eigenvalue weighted by Crippen LogP contribution is 2.37. The van der Waals surface area contributed by atoms with Crippen LogP contribution in [-0.4, -0.2) is 19.9 Å². The third kappa shape index (κ3) is 4.10. The Balaban J connectivity index is 1.21. The van der Waals surface area contributed by atoms with E-state index in [0.717, 1.165) is 43.8 Å². The Morgan fingerprint density at radius 2 is 0.979 bits per heavy atom. The molecule has 0 unspecified atom stereocenters. The molecule has 5 nitrogen and oxygen atoms in total. The molecule has 0 amide bonds. The molecule has 0 aliphatic rings. The van der Waals surface area contributed by atoms with Crippen molar-refractivity contribution in [2.24, 2.45) is 0 Å². The molecule has 0 saturated heterocycles. The fourth-order valence-corrected chi connectivity index (χ4v) is 6.88. The van der Waals surface area contributed by atoms with E-state index in [4.69, 9.17) is 19.4 Å². The standard InChI is InChI=1S/C42H24N4O/c1-2-9-27-23-29(14-13-25(27)7-1)39-44-40(46-41(45-39)36-21-22-43-42-38(36)35-11-5-6-12-37(35)47-42)30-17-18-32-28(24-30)16-20-33-31-10-4-3-8-26(31)15-19-34(32)33/h1-24H. The average molecular weight is 601 g/mol. The van der Waals surface area contributed by atoms with Gasteiger partial charge in [-0.15, -0.1) is 0 Å². The minimum Gasteiger partial charge on any atom is -0.438 e. The summed E-state index contributed by atoms with van der Waals surface area (Å²) < 4.78 is 6.12. The zero-order valence-electron chi connectivity index (χ0n) is 25.1. The molecule has 0 aliphatic heterocycles. The third-order valence-electron chi connectivity index (χ3n) is 9.16. The number of benzene rings is 7. The summed E-state index contributed by atoms with van der Waals surface area (Å²) in [4.78, 5) is 19.8. The Labute approximate surface area is 268 Å². The van der Waals surface area contributed by atoms with Crippen LogP contribution in [0.1, 0.15) is 0 Å². The zero-order valence-corrected chi connectivity index (χ0v) is 25.1. The number of para-hydroxylation sites is 1. The number of hydrogen-bond acceptors (Lipinski definition) is 5. The van der Waals surface area contributed by atoms with Crippen LogP contribution in [-0.2, 0) is 0 Å². The van der Waals surface area contributed by atoms with E-state index < -0.39 is 0 Å². The van der Waals surface area contributed by atoms with Gasteiger partial charge in [0.1, 0.15) is 5.58 Å². The van der Waals surface area contributed by atoms with Crippen LogP contribution in [0.25, 0.3) is 99.3 Å². The third-order valence-corrected chi connectivity index (χ3v) is 9.16. The summed E-state index contributed by atoms with van der Waals surface area (Å²) in [5.74, 6) is 1.79. The van der Waals surface area contributed by atoms with Gasteiger partial charge in [0.2, 0.25) is 5.71 Å². The molecule has 0 spiro atoms. The lowest BCUT2D eigenvalue weighted by atomic mass is 9.96. The first-order valence-electron chi connectivity index (χ1n) is 15.6. The van der Waals surface area contributed by atoms with Gasteiger partial charge in [-0.25, -0.2) is 19.9 Å². The number of pyridine rings is 1. The van der Waals surface area contributed by atoms with E-state index >= 15 is 0 Å². The maximum Gasteiger partial charge on any atom is 0.228 e. The largest absolute Gasteiger partial charge is 0.438 e. The average Bonchev–Trinajstić information content (AvgIpc) is 3.53. The van der Waals surface area contributed by atoms with Crippen LogP contribution in [0.2, 0.25) is 0 Å². The van der Waals surface area contributed by atoms with E-state index in [1.807, 2.05) is 24.3 Å². The molecule has 5 heteroatoms. The topological polar surface area (TPSA) is 64.7 Å². The molecule has 10 aromatic rings. The smallest absolute Gasteiger partial charge is 0.228 e. The van der Waals surface area contributed by atoms with Gasteiger partial charge in [0, 0.05) is 28.3 Å². The second-order valence-corrected chi connectivity index (χ2v) is 11.9. The van der Waals surface area contributed by atoms with Crippen molar-refractivity contribution in [2.75, 3.05) is 0 Å². The first kappa shape index (κ1) is 25.8. The summed E-state index contributed by atoms with van der Waals surface area (Å²) in [5.41, 5.74) is 4.04. The Morgan fingerprint density at radius 1 is 0.404 bits per heavy atom. The predicted molar refractivity (Wildman–Crippen MR) is 191 cm³/mol. The lowest BCUT2D eigenvalue weighted by molar-refractivity contribution is 0.654. The predicted octanol–water partition coefficient (Wildman–Crippen LogP) is 10.8. The molecule has 0 radical (unpaired) electrons. The van der Waals surface area contributed by atoms with Gasteiger partial charge in [0.25, 0.3) is 0 Å². The highest BCUT2D eigenvalue weighted by molar-refractivity contribution is 6.17. The summed E-state index contributed by atoms with van der Waals surface area (Å²) in [7, 11) is 0. The molecule has 0 N–H and O–H groups in total. The van der Waals surface area contributed by atoms with Crippen molar-refractivity contribution in [2.45, 2.75) is 0 Å². The fourth-order valence-electron chi connectivity index (χ4n) is 6.88. The van der Waals surface area contributed by atoms with Crippen molar-refractivity contribution in [3.8, 4) is 34.2 Å². The Hall–Kier alpha value is -6.46. The van der Waals surface area contributed by atoms with Crippen LogP contribution in [0.5, 0.6) is 0 Å². The number of aromatic nitrogens is 4. The number of rotatable bonds is 3. The van der Waals surface area contributed by atoms with Crippen molar-refractivity contribution in [3.05, 3.63) is 146 Å². The first-order valence-corrected chi connectivity index (χ1v) is 15.6. The van der Waals surface area contributed by atoms with Crippen LogP contribution in [0, 0.1) is 0 Å². The Morgan fingerprint density at radius 3 is 1.81 bits per heavy atom. The lowest BCUT2D eigenvalue weighted by Crippen LogP contribution is -2.00. The number of furan rings is 1. The molecule has 0 aliphatic carbocycles. The minimum absolute atomic E-state index is 0.558. The number of hydrogen-bond donors (Lipinski definition) is 0. The van der Waals surface area contributed by atoms with Gasteiger partial charge in [-0.2, -0.15) is 0 Å². The van der Waals surface area contributed by atoms with E-state index in [1.54, 1.807) is 6.20 Å². The van der Waals surface area contributed by atoms with Crippen molar-refractivity contribution in [1.29, 1.82) is 0 Å². The first-order chi connectivity index (χ1) is 23.3. The van der Waals surface area contributed by atoms with Gasteiger partial charge in [-0.1, -0.05) is 115 Å². The summed E-state index contributed by atoms with van der Waals surface area (Å²) in [6.07, 6.45) is 1.75. The normalized spacial score (nSPS) is 11.8. The Kier molecular flexibility index (Phi) is 5.51. The molecular formula is C42H24N4O. The van der Waals surface area contributed by atoms with Crippen LogP contribution >= 0.6 is 0 Å².